The summed E-state index contributed by atoms with van der Waals surface area (Å²) in [5, 5.41) is 10.5. The third-order valence-corrected chi connectivity index (χ3v) is 17.3. The van der Waals surface area contributed by atoms with E-state index in [2.05, 4.69) is 27.7 Å². The van der Waals surface area contributed by atoms with E-state index in [-0.39, 0.29) is 25.7 Å². The van der Waals surface area contributed by atoms with Crippen LogP contribution in [0.5, 0.6) is 0 Å². The molecule has 0 aromatic heterocycles. The zero-order valence-corrected chi connectivity index (χ0v) is 56.4. The Balaban J connectivity index is 5.18. The summed E-state index contributed by atoms with van der Waals surface area (Å²) in [6.45, 7) is 4.86. The van der Waals surface area contributed by atoms with Crippen LogP contribution in [0, 0.1) is 0 Å². The number of hydrogen-bond donors (Lipinski definition) is 3. The van der Waals surface area contributed by atoms with Gasteiger partial charge in [-0.15, -0.1) is 0 Å². The quantitative estimate of drug-likeness (QED) is 0.0222. The fourth-order valence-corrected chi connectivity index (χ4v) is 11.6. The largest absolute Gasteiger partial charge is 0.472 e. The molecule has 0 saturated heterocycles. The van der Waals surface area contributed by atoms with Crippen molar-refractivity contribution in [3.63, 3.8) is 0 Å². The van der Waals surface area contributed by atoms with E-state index in [1.165, 1.54) is 161 Å². The summed E-state index contributed by atoms with van der Waals surface area (Å²) in [6, 6.07) is 0. The van der Waals surface area contributed by atoms with Crippen LogP contribution >= 0.6 is 15.6 Å². The molecule has 0 aliphatic rings. The lowest BCUT2D eigenvalue weighted by Gasteiger charge is -2.21. The van der Waals surface area contributed by atoms with Crippen LogP contribution in [0.15, 0.2) is 0 Å². The van der Waals surface area contributed by atoms with Gasteiger partial charge in [-0.3, -0.25) is 37.3 Å². The average molecular weight is 1260 g/mol. The van der Waals surface area contributed by atoms with Crippen LogP contribution in [0.4, 0.5) is 0 Å². The monoisotopic (exact) mass is 1250 g/mol. The molecule has 0 aromatic rings. The molecular weight excluding hydrogens is 1130 g/mol. The zero-order valence-electron chi connectivity index (χ0n) is 54.6. The number of phosphoric ester groups is 2. The third kappa shape index (κ3) is 60.7. The third-order valence-electron chi connectivity index (χ3n) is 15.4. The van der Waals surface area contributed by atoms with E-state index in [4.69, 9.17) is 37.0 Å². The molecule has 0 fully saturated rings. The van der Waals surface area contributed by atoms with Crippen molar-refractivity contribution in [2.24, 2.45) is 0 Å². The van der Waals surface area contributed by atoms with Crippen molar-refractivity contribution in [1.29, 1.82) is 0 Å². The number of esters is 4. The van der Waals surface area contributed by atoms with E-state index in [1.54, 1.807) is 0 Å². The molecule has 0 aromatic carbocycles. The standard InChI is InChI=1S/C66H128O17P2/c1-5-9-13-17-21-25-27-29-30-31-32-33-35-37-41-45-49-53-66(71)83-62(57-77-64(69)51-47-43-40-36-34-28-26-22-18-14-10-6-2)59-81-85(74,75)79-55-60(67)54-78-84(72,73)80-58-61(82-65(70)52-48-44-39-24-20-16-12-8-4)56-76-63(68)50-46-42-38-23-19-15-11-7-3/h60-62,67H,5-59H2,1-4H3,(H,72,73)(H,74,75)/t60-,61+,62+/m0/s1. The Labute approximate surface area is 517 Å². The van der Waals surface area contributed by atoms with Crippen LogP contribution in [0.3, 0.4) is 0 Å². The van der Waals surface area contributed by atoms with Gasteiger partial charge in [0.15, 0.2) is 12.2 Å². The maximum absolute atomic E-state index is 13.0. The lowest BCUT2D eigenvalue weighted by atomic mass is 10.0. The number of unbranched alkanes of at least 4 members (excludes halogenated alkanes) is 41. The highest BCUT2D eigenvalue weighted by Gasteiger charge is 2.30. The van der Waals surface area contributed by atoms with Crippen molar-refractivity contribution >= 4 is 39.5 Å². The smallest absolute Gasteiger partial charge is 0.462 e. The maximum atomic E-state index is 13.0. The Morgan fingerprint density at radius 1 is 0.282 bits per heavy atom. The highest BCUT2D eigenvalue weighted by molar-refractivity contribution is 7.47. The summed E-state index contributed by atoms with van der Waals surface area (Å²) in [7, 11) is -9.88. The molecule has 504 valence electrons. The molecule has 0 heterocycles. The number of carbonyl (C=O) groups is 4. The number of rotatable bonds is 67. The summed E-state index contributed by atoms with van der Waals surface area (Å²) in [5.41, 5.74) is 0. The van der Waals surface area contributed by atoms with Gasteiger partial charge < -0.3 is 33.8 Å². The molecule has 0 spiro atoms. The second-order valence-corrected chi connectivity index (χ2v) is 26.8. The van der Waals surface area contributed by atoms with Crippen molar-refractivity contribution in [3.8, 4) is 0 Å². The van der Waals surface area contributed by atoms with Gasteiger partial charge in [-0.25, -0.2) is 9.13 Å². The Hall–Kier alpha value is -1.94. The fourth-order valence-electron chi connectivity index (χ4n) is 9.99. The van der Waals surface area contributed by atoms with Crippen molar-refractivity contribution in [2.75, 3.05) is 39.6 Å². The summed E-state index contributed by atoms with van der Waals surface area (Å²) < 4.78 is 68.0. The first-order chi connectivity index (χ1) is 41.2. The first kappa shape index (κ1) is 83.1. The Kier molecular flexibility index (Phi) is 59.6. The van der Waals surface area contributed by atoms with E-state index >= 15 is 0 Å². The number of phosphoric acid groups is 2. The van der Waals surface area contributed by atoms with Crippen molar-refractivity contribution in [1.82, 2.24) is 0 Å². The fraction of sp³-hybridized carbons (Fsp3) is 0.939. The van der Waals surface area contributed by atoms with Gasteiger partial charge in [-0.2, -0.15) is 0 Å². The normalized spacial score (nSPS) is 14.1. The lowest BCUT2D eigenvalue weighted by molar-refractivity contribution is -0.161. The van der Waals surface area contributed by atoms with Crippen LogP contribution in [0.2, 0.25) is 0 Å². The second kappa shape index (κ2) is 60.9. The van der Waals surface area contributed by atoms with Gasteiger partial charge >= 0.3 is 39.5 Å². The molecule has 0 saturated carbocycles. The first-order valence-corrected chi connectivity index (χ1v) is 37.8. The molecule has 0 radical (unpaired) electrons. The average Bonchev–Trinajstić information content (AvgIpc) is 3.61. The van der Waals surface area contributed by atoms with Gasteiger partial charge in [0.2, 0.25) is 0 Å². The van der Waals surface area contributed by atoms with Crippen LogP contribution in [0.1, 0.15) is 342 Å². The molecule has 3 N–H and O–H groups in total. The number of ether oxygens (including phenoxy) is 4. The molecule has 19 heteroatoms. The van der Waals surface area contributed by atoms with Crippen LogP contribution in [-0.2, 0) is 65.4 Å². The van der Waals surface area contributed by atoms with Gasteiger partial charge in [0.05, 0.1) is 26.4 Å². The Morgan fingerprint density at radius 2 is 0.471 bits per heavy atom. The predicted molar refractivity (Wildman–Crippen MR) is 340 cm³/mol. The lowest BCUT2D eigenvalue weighted by Crippen LogP contribution is -2.30. The molecule has 5 atom stereocenters. The molecule has 17 nitrogen and oxygen atoms in total. The topological polar surface area (TPSA) is 237 Å². The number of hydrogen-bond acceptors (Lipinski definition) is 15. The van der Waals surface area contributed by atoms with Gasteiger partial charge in [-0.1, -0.05) is 291 Å². The Morgan fingerprint density at radius 3 is 0.694 bits per heavy atom. The SMILES string of the molecule is CCCCCCCCCCCCCCCCCCCC(=O)O[C@H](COC(=O)CCCCCCCCCCCCCC)COP(=O)(O)OC[C@@H](O)COP(=O)(O)OC[C@@H](COC(=O)CCCCCCCCCC)OC(=O)CCCCCCCCCC. The minimum Gasteiger partial charge on any atom is -0.462 e. The Bertz CT molecular complexity index is 1640. The minimum absolute atomic E-state index is 0.105. The van der Waals surface area contributed by atoms with Crippen molar-refractivity contribution in [3.05, 3.63) is 0 Å². The summed E-state index contributed by atoms with van der Waals surface area (Å²) in [6.07, 6.45) is 47.3. The highest BCUT2D eigenvalue weighted by atomic mass is 31.2. The molecule has 0 amide bonds. The number of aliphatic hydroxyl groups is 1. The molecular formula is C66H128O17P2. The van der Waals surface area contributed by atoms with Crippen molar-refractivity contribution < 1.29 is 80.2 Å². The minimum atomic E-state index is -4.94. The summed E-state index contributed by atoms with van der Waals surface area (Å²) in [4.78, 5) is 72.2. The van der Waals surface area contributed by atoms with E-state index in [0.717, 1.165) is 103 Å². The zero-order chi connectivity index (χ0) is 62.6. The number of carbonyl (C=O) groups excluding carboxylic acids is 4. The van der Waals surface area contributed by atoms with Crippen molar-refractivity contribution in [2.45, 2.75) is 361 Å². The first-order valence-electron chi connectivity index (χ1n) is 34.8. The molecule has 0 bridgehead atoms. The summed E-state index contributed by atoms with van der Waals surface area (Å²) in [5.74, 6) is -2.13. The molecule has 85 heavy (non-hydrogen) atoms. The van der Waals surface area contributed by atoms with Gasteiger partial charge in [0, 0.05) is 25.7 Å². The van der Waals surface area contributed by atoms with Gasteiger partial charge in [-0.05, 0) is 25.7 Å². The number of aliphatic hydroxyl groups excluding tert-OH is 1. The summed E-state index contributed by atoms with van der Waals surface area (Å²) >= 11 is 0. The predicted octanol–water partition coefficient (Wildman–Crippen LogP) is 18.7. The van der Waals surface area contributed by atoms with E-state index in [0.29, 0.717) is 25.7 Å². The van der Waals surface area contributed by atoms with Gasteiger partial charge in [0.25, 0.3) is 0 Å². The van der Waals surface area contributed by atoms with Crippen LogP contribution < -0.4 is 0 Å². The maximum Gasteiger partial charge on any atom is 0.472 e. The van der Waals surface area contributed by atoms with Gasteiger partial charge in [0.1, 0.15) is 19.3 Å². The molecule has 0 aliphatic heterocycles. The second-order valence-electron chi connectivity index (χ2n) is 23.9. The van der Waals surface area contributed by atoms with E-state index in [9.17, 15) is 43.2 Å². The molecule has 0 rings (SSSR count). The van der Waals surface area contributed by atoms with Crippen LogP contribution in [-0.4, -0.2) is 96.7 Å². The molecule has 0 aliphatic carbocycles. The highest BCUT2D eigenvalue weighted by Crippen LogP contribution is 2.45. The van der Waals surface area contributed by atoms with Crippen LogP contribution in [0.25, 0.3) is 0 Å². The van der Waals surface area contributed by atoms with E-state index < -0.39 is 97.5 Å². The molecule has 2 unspecified atom stereocenters. The van der Waals surface area contributed by atoms with E-state index in [1.807, 2.05) is 0 Å².